The number of hydrogen-bond donors (Lipinski definition) is 0. The lowest BCUT2D eigenvalue weighted by Crippen LogP contribution is -2.52. The summed E-state index contributed by atoms with van der Waals surface area (Å²) in [4.78, 5) is 6.08. The molecule has 0 unspecified atom stereocenters. The fourth-order valence-electron chi connectivity index (χ4n) is 3.07. The maximum absolute atomic E-state index is 6.08. The monoisotopic (exact) mass is 263 g/mol. The van der Waals surface area contributed by atoms with Crippen molar-refractivity contribution in [2.45, 2.75) is 37.2 Å². The van der Waals surface area contributed by atoms with Gasteiger partial charge in [0.05, 0.1) is 6.54 Å². The summed E-state index contributed by atoms with van der Waals surface area (Å²) in [5, 5.41) is 2.05. The van der Waals surface area contributed by atoms with Crippen LogP contribution in [0.25, 0.3) is 0 Å². The molecule has 4 heteroatoms. The number of nitrogens with zero attached hydrogens (tertiary/aromatic N) is 1. The van der Waals surface area contributed by atoms with Crippen LogP contribution in [0.2, 0.25) is 0 Å². The Kier molecular flexibility index (Phi) is 3.58. The van der Waals surface area contributed by atoms with Crippen LogP contribution in [0.15, 0.2) is 30.3 Å². The summed E-state index contributed by atoms with van der Waals surface area (Å²) >= 11 is 0. The van der Waals surface area contributed by atoms with Crippen molar-refractivity contribution in [1.29, 1.82) is 0 Å². The second kappa shape index (κ2) is 5.21. The van der Waals surface area contributed by atoms with E-state index in [1.54, 1.807) is 14.2 Å². The molecule has 2 aliphatic heterocycles. The number of fused-ring (bicyclic) bond motifs is 1. The van der Waals surface area contributed by atoms with Crippen LogP contribution in [0.3, 0.4) is 0 Å². The van der Waals surface area contributed by atoms with Gasteiger partial charge in [-0.1, -0.05) is 30.3 Å². The van der Waals surface area contributed by atoms with Crippen molar-refractivity contribution in [3.8, 4) is 0 Å². The van der Waals surface area contributed by atoms with E-state index in [2.05, 4.69) is 24.3 Å². The van der Waals surface area contributed by atoms with E-state index in [9.17, 15) is 0 Å². The molecule has 2 heterocycles. The minimum absolute atomic E-state index is 0.163. The van der Waals surface area contributed by atoms with E-state index in [4.69, 9.17) is 14.3 Å². The molecule has 0 saturated carbocycles. The molecule has 0 bridgehead atoms. The van der Waals surface area contributed by atoms with Gasteiger partial charge in [-0.25, -0.2) is 0 Å². The minimum Gasteiger partial charge on any atom is -0.352 e. The van der Waals surface area contributed by atoms with Crippen LogP contribution in [-0.2, 0) is 14.3 Å². The zero-order valence-electron chi connectivity index (χ0n) is 11.5. The Morgan fingerprint density at radius 3 is 2.63 bits per heavy atom. The second-order valence-electron chi connectivity index (χ2n) is 5.33. The average molecular weight is 263 g/mol. The van der Waals surface area contributed by atoms with Crippen molar-refractivity contribution in [2.24, 2.45) is 0 Å². The predicted molar refractivity (Wildman–Crippen MR) is 71.4 cm³/mol. The number of ether oxygens (including phenoxy) is 2. The molecule has 2 saturated heterocycles. The molecule has 19 heavy (non-hydrogen) atoms. The fourth-order valence-corrected chi connectivity index (χ4v) is 3.07. The molecule has 0 N–H and O–H groups in total. The van der Waals surface area contributed by atoms with E-state index in [0.29, 0.717) is 12.6 Å². The average Bonchev–Trinajstić information content (AvgIpc) is 2.90. The van der Waals surface area contributed by atoms with Crippen LogP contribution in [0.4, 0.5) is 0 Å². The van der Waals surface area contributed by atoms with E-state index in [1.165, 1.54) is 5.56 Å². The van der Waals surface area contributed by atoms with Crippen molar-refractivity contribution < 1.29 is 14.3 Å². The van der Waals surface area contributed by atoms with E-state index >= 15 is 0 Å². The van der Waals surface area contributed by atoms with E-state index in [-0.39, 0.29) is 6.10 Å². The SMILES string of the molecule is COC1(OC)CC[C@@H]2C[C@@H](c3ccccc3)ON2C1. The third-order valence-corrected chi connectivity index (χ3v) is 4.33. The predicted octanol–water partition coefficient (Wildman–Crippen LogP) is 2.52. The Morgan fingerprint density at radius 1 is 1.21 bits per heavy atom. The van der Waals surface area contributed by atoms with Gasteiger partial charge >= 0.3 is 0 Å². The number of hydrogen-bond acceptors (Lipinski definition) is 4. The molecule has 1 aromatic rings. The summed E-state index contributed by atoms with van der Waals surface area (Å²) in [5.41, 5.74) is 1.25. The van der Waals surface area contributed by atoms with Gasteiger partial charge in [0.25, 0.3) is 0 Å². The van der Waals surface area contributed by atoms with Gasteiger partial charge in [-0.15, -0.1) is 0 Å². The second-order valence-corrected chi connectivity index (χ2v) is 5.33. The summed E-state index contributed by atoms with van der Waals surface area (Å²) in [7, 11) is 3.41. The van der Waals surface area contributed by atoms with Crippen LogP contribution in [0.1, 0.15) is 30.9 Å². The van der Waals surface area contributed by atoms with Crippen LogP contribution in [0, 0.1) is 0 Å². The lowest BCUT2D eigenvalue weighted by atomic mass is 9.94. The molecule has 104 valence electrons. The van der Waals surface area contributed by atoms with Crippen LogP contribution in [-0.4, -0.2) is 37.7 Å². The normalized spacial score (nSPS) is 30.2. The van der Waals surface area contributed by atoms with Gasteiger partial charge in [-0.05, 0) is 18.4 Å². The fraction of sp³-hybridized carbons (Fsp3) is 0.600. The summed E-state index contributed by atoms with van der Waals surface area (Å²) in [6, 6.07) is 10.9. The van der Waals surface area contributed by atoms with Crippen molar-refractivity contribution in [1.82, 2.24) is 5.06 Å². The Morgan fingerprint density at radius 2 is 1.95 bits per heavy atom. The lowest BCUT2D eigenvalue weighted by Gasteiger charge is -2.40. The summed E-state index contributed by atoms with van der Waals surface area (Å²) in [5.74, 6) is -0.512. The molecule has 0 radical (unpaired) electrons. The third kappa shape index (κ3) is 2.41. The maximum atomic E-state index is 6.08. The largest absolute Gasteiger partial charge is 0.352 e. The van der Waals surface area contributed by atoms with Crippen LogP contribution < -0.4 is 0 Å². The maximum Gasteiger partial charge on any atom is 0.182 e. The highest BCUT2D eigenvalue weighted by Gasteiger charge is 2.45. The zero-order valence-corrected chi connectivity index (χ0v) is 11.5. The molecule has 0 amide bonds. The molecular formula is C15H21NO3. The minimum atomic E-state index is -0.512. The number of methoxy groups -OCH3 is 2. The Bertz CT molecular complexity index is 419. The molecule has 4 nitrogen and oxygen atoms in total. The molecule has 2 fully saturated rings. The Balaban J connectivity index is 1.72. The smallest absolute Gasteiger partial charge is 0.182 e. The van der Waals surface area contributed by atoms with E-state index in [0.717, 1.165) is 19.3 Å². The first-order valence-electron chi connectivity index (χ1n) is 6.85. The Hall–Kier alpha value is -0.940. The summed E-state index contributed by atoms with van der Waals surface area (Å²) in [6.07, 6.45) is 3.18. The van der Waals surface area contributed by atoms with Crippen molar-refractivity contribution in [3.05, 3.63) is 35.9 Å². The lowest BCUT2D eigenvalue weighted by molar-refractivity contribution is -0.290. The van der Waals surface area contributed by atoms with Crippen molar-refractivity contribution in [3.63, 3.8) is 0 Å². The molecule has 3 rings (SSSR count). The van der Waals surface area contributed by atoms with E-state index < -0.39 is 5.79 Å². The van der Waals surface area contributed by atoms with Gasteiger partial charge in [-0.3, -0.25) is 4.84 Å². The number of benzene rings is 1. The van der Waals surface area contributed by atoms with Crippen molar-refractivity contribution >= 4 is 0 Å². The quantitative estimate of drug-likeness (QED) is 0.784. The summed E-state index contributed by atoms with van der Waals surface area (Å²) < 4.78 is 11.1. The number of rotatable bonds is 3. The molecule has 2 atom stereocenters. The standard InChI is InChI=1S/C15H21NO3/c1-17-15(18-2)9-8-13-10-14(19-16(13)11-15)12-6-4-3-5-7-12/h3-7,13-14H,8-11H2,1-2H3/t13-,14+/m1/s1. The molecule has 1 aromatic carbocycles. The first-order chi connectivity index (χ1) is 9.26. The molecule has 0 aliphatic carbocycles. The third-order valence-electron chi connectivity index (χ3n) is 4.33. The first-order valence-corrected chi connectivity index (χ1v) is 6.85. The van der Waals surface area contributed by atoms with Gasteiger partial charge in [0, 0.05) is 26.7 Å². The molecule has 0 aromatic heterocycles. The molecule has 2 aliphatic rings. The topological polar surface area (TPSA) is 30.9 Å². The highest BCUT2D eigenvalue weighted by molar-refractivity contribution is 5.18. The zero-order chi connectivity index (χ0) is 13.3. The van der Waals surface area contributed by atoms with Gasteiger partial charge < -0.3 is 9.47 Å². The molecular weight excluding hydrogens is 242 g/mol. The van der Waals surface area contributed by atoms with Gasteiger partial charge in [0.1, 0.15) is 6.10 Å². The van der Waals surface area contributed by atoms with Gasteiger partial charge in [0.15, 0.2) is 5.79 Å². The van der Waals surface area contributed by atoms with E-state index in [1.807, 2.05) is 11.1 Å². The molecule has 0 spiro atoms. The summed E-state index contributed by atoms with van der Waals surface area (Å²) in [6.45, 7) is 0.675. The first kappa shape index (κ1) is 13.1. The van der Waals surface area contributed by atoms with Gasteiger partial charge in [-0.2, -0.15) is 5.06 Å². The highest BCUT2D eigenvalue weighted by Crippen LogP contribution is 2.40. The number of hydroxylamine groups is 2. The van der Waals surface area contributed by atoms with Crippen molar-refractivity contribution in [2.75, 3.05) is 20.8 Å². The van der Waals surface area contributed by atoms with Crippen LogP contribution >= 0.6 is 0 Å². The van der Waals surface area contributed by atoms with Crippen LogP contribution in [0.5, 0.6) is 0 Å². The van der Waals surface area contributed by atoms with Gasteiger partial charge in [0.2, 0.25) is 0 Å². The highest BCUT2D eigenvalue weighted by atomic mass is 16.7. The number of piperidine rings is 1. The Labute approximate surface area is 114 Å².